The highest BCUT2D eigenvalue weighted by Gasteiger charge is 2.46. The van der Waals surface area contributed by atoms with Crippen LogP contribution in [0.3, 0.4) is 0 Å². The van der Waals surface area contributed by atoms with Crippen LogP contribution in [-0.2, 0) is 14.4 Å². The average Bonchev–Trinajstić information content (AvgIpc) is 2.68. The average molecular weight is 274 g/mol. The van der Waals surface area contributed by atoms with Crippen LogP contribution in [0.2, 0.25) is 0 Å². The van der Waals surface area contributed by atoms with Crippen molar-refractivity contribution in [2.24, 2.45) is 5.41 Å². The van der Waals surface area contributed by atoms with Gasteiger partial charge in [0.25, 0.3) is 0 Å². The fourth-order valence-electron chi connectivity index (χ4n) is 1.69. The Hall–Kier alpha value is -1.66. The van der Waals surface area contributed by atoms with Gasteiger partial charge < -0.3 is 15.3 Å². The van der Waals surface area contributed by atoms with Crippen LogP contribution in [0.5, 0.6) is 0 Å². The lowest BCUT2D eigenvalue weighted by Crippen LogP contribution is -2.44. The summed E-state index contributed by atoms with van der Waals surface area (Å²) < 4.78 is 13.8. The van der Waals surface area contributed by atoms with Gasteiger partial charge >= 0.3 is 5.97 Å². The minimum Gasteiger partial charge on any atom is -0.479 e. The number of hydrogen-bond acceptors (Lipinski definition) is 3. The Bertz CT molecular complexity index is 405. The molecule has 0 aromatic rings. The fraction of sp³-hybridized carbons (Fsp3) is 0.750. The maximum atomic E-state index is 13.8. The molecule has 0 aromatic heterocycles. The fourth-order valence-corrected chi connectivity index (χ4v) is 1.69. The number of alkyl halides is 1. The van der Waals surface area contributed by atoms with E-state index in [0.717, 1.165) is 4.90 Å². The lowest BCUT2D eigenvalue weighted by atomic mass is 9.96. The lowest BCUT2D eigenvalue weighted by molar-refractivity contribution is -0.150. The summed E-state index contributed by atoms with van der Waals surface area (Å²) in [5, 5.41) is 11.2. The smallest absolute Gasteiger partial charge is 0.343 e. The minimum atomic E-state index is -2.37. The third kappa shape index (κ3) is 3.65. The molecule has 19 heavy (non-hydrogen) atoms. The molecular formula is C12H19FN2O4. The van der Waals surface area contributed by atoms with Crippen LogP contribution in [0.25, 0.3) is 0 Å². The van der Waals surface area contributed by atoms with Crippen LogP contribution in [0.1, 0.15) is 27.2 Å². The van der Waals surface area contributed by atoms with Gasteiger partial charge in [-0.3, -0.25) is 9.59 Å². The third-order valence-electron chi connectivity index (χ3n) is 3.04. The first-order valence-corrected chi connectivity index (χ1v) is 6.05. The third-order valence-corrected chi connectivity index (χ3v) is 3.04. The van der Waals surface area contributed by atoms with Gasteiger partial charge in [-0.2, -0.15) is 0 Å². The lowest BCUT2D eigenvalue weighted by Gasteiger charge is -2.20. The van der Waals surface area contributed by atoms with E-state index in [-0.39, 0.29) is 25.4 Å². The van der Waals surface area contributed by atoms with E-state index in [1.54, 1.807) is 20.8 Å². The van der Waals surface area contributed by atoms with Gasteiger partial charge in [0, 0.05) is 18.4 Å². The SMILES string of the molecule is CC(C)(C)C(=O)NCC(=O)N1CCC(F)(C(=O)O)C1. The van der Waals surface area contributed by atoms with Crippen molar-refractivity contribution < 1.29 is 23.9 Å². The highest BCUT2D eigenvalue weighted by Crippen LogP contribution is 2.25. The molecule has 1 heterocycles. The molecule has 0 saturated carbocycles. The van der Waals surface area contributed by atoms with Crippen molar-refractivity contribution in [2.75, 3.05) is 19.6 Å². The van der Waals surface area contributed by atoms with Crippen molar-refractivity contribution in [1.29, 1.82) is 0 Å². The number of hydrogen-bond donors (Lipinski definition) is 2. The number of carboxylic acid groups (broad SMARTS) is 1. The molecule has 1 atom stereocenters. The quantitative estimate of drug-likeness (QED) is 0.768. The van der Waals surface area contributed by atoms with Crippen molar-refractivity contribution in [3.8, 4) is 0 Å². The predicted molar refractivity (Wildman–Crippen MR) is 65.1 cm³/mol. The Kier molecular flexibility index (Phi) is 4.17. The summed E-state index contributed by atoms with van der Waals surface area (Å²) in [6.45, 7) is 4.46. The molecule has 0 aromatic carbocycles. The summed E-state index contributed by atoms with van der Waals surface area (Å²) in [6.07, 6.45) is -0.221. The molecule has 1 unspecified atom stereocenters. The zero-order chi connectivity index (χ0) is 14.8. The van der Waals surface area contributed by atoms with Gasteiger partial charge in [-0.15, -0.1) is 0 Å². The van der Waals surface area contributed by atoms with Crippen LogP contribution in [0, 0.1) is 5.41 Å². The second-order valence-electron chi connectivity index (χ2n) is 5.77. The summed E-state index contributed by atoms with van der Waals surface area (Å²) in [5.74, 6) is -2.32. The maximum absolute atomic E-state index is 13.8. The Morgan fingerprint density at radius 2 is 1.95 bits per heavy atom. The Balaban J connectivity index is 2.49. The number of rotatable bonds is 3. The molecule has 1 rings (SSSR count). The van der Waals surface area contributed by atoms with Crippen molar-refractivity contribution >= 4 is 17.8 Å². The summed E-state index contributed by atoms with van der Waals surface area (Å²) in [7, 11) is 0. The monoisotopic (exact) mass is 274 g/mol. The number of aliphatic carboxylic acids is 1. The van der Waals surface area contributed by atoms with Gasteiger partial charge in [0.15, 0.2) is 0 Å². The molecule has 0 radical (unpaired) electrons. The second-order valence-corrected chi connectivity index (χ2v) is 5.77. The van der Waals surface area contributed by atoms with E-state index < -0.39 is 29.5 Å². The van der Waals surface area contributed by atoms with Gasteiger partial charge in [-0.05, 0) is 0 Å². The molecule has 2 amide bonds. The van der Waals surface area contributed by atoms with Gasteiger partial charge in [-0.25, -0.2) is 9.18 Å². The number of carbonyl (C=O) groups is 3. The van der Waals surface area contributed by atoms with Crippen LogP contribution in [0.15, 0.2) is 0 Å². The highest BCUT2D eigenvalue weighted by atomic mass is 19.1. The second kappa shape index (κ2) is 5.14. The van der Waals surface area contributed by atoms with Crippen molar-refractivity contribution in [2.45, 2.75) is 32.9 Å². The van der Waals surface area contributed by atoms with Gasteiger partial charge in [0.05, 0.1) is 13.1 Å². The summed E-state index contributed by atoms with van der Waals surface area (Å²) in [6, 6.07) is 0. The minimum absolute atomic E-state index is 0.0486. The largest absolute Gasteiger partial charge is 0.479 e. The number of nitrogens with one attached hydrogen (secondary N) is 1. The zero-order valence-electron chi connectivity index (χ0n) is 11.3. The van der Waals surface area contributed by atoms with Crippen molar-refractivity contribution in [3.63, 3.8) is 0 Å². The molecule has 1 aliphatic heterocycles. The molecule has 108 valence electrons. The first-order valence-electron chi connectivity index (χ1n) is 6.05. The molecule has 1 saturated heterocycles. The summed E-state index contributed by atoms with van der Waals surface area (Å²) in [5.41, 5.74) is -2.99. The number of carboxylic acids is 1. The van der Waals surface area contributed by atoms with E-state index in [4.69, 9.17) is 5.11 Å². The number of carbonyl (C=O) groups excluding carboxylic acids is 2. The highest BCUT2D eigenvalue weighted by molar-refractivity contribution is 5.88. The molecule has 0 spiro atoms. The van der Waals surface area contributed by atoms with E-state index in [0.29, 0.717) is 0 Å². The van der Waals surface area contributed by atoms with Crippen LogP contribution in [0.4, 0.5) is 4.39 Å². The van der Waals surface area contributed by atoms with Crippen LogP contribution >= 0.6 is 0 Å². The van der Waals surface area contributed by atoms with E-state index in [1.807, 2.05) is 0 Å². The van der Waals surface area contributed by atoms with Gasteiger partial charge in [0.1, 0.15) is 0 Å². The normalized spacial score (nSPS) is 23.3. The van der Waals surface area contributed by atoms with Crippen molar-refractivity contribution in [3.05, 3.63) is 0 Å². The maximum Gasteiger partial charge on any atom is 0.343 e. The Labute approximate surface area is 111 Å². The molecule has 6 nitrogen and oxygen atoms in total. The zero-order valence-corrected chi connectivity index (χ0v) is 11.3. The number of nitrogens with zero attached hydrogens (tertiary/aromatic N) is 1. The van der Waals surface area contributed by atoms with E-state index >= 15 is 0 Å². The van der Waals surface area contributed by atoms with E-state index in [1.165, 1.54) is 0 Å². The molecule has 0 bridgehead atoms. The molecule has 1 fully saturated rings. The predicted octanol–water partition coefficient (Wildman–Crippen LogP) is 0.174. The van der Waals surface area contributed by atoms with Gasteiger partial charge in [0.2, 0.25) is 17.5 Å². The molecule has 7 heteroatoms. The van der Waals surface area contributed by atoms with Crippen LogP contribution in [-0.4, -0.2) is 53.1 Å². The topological polar surface area (TPSA) is 86.7 Å². The van der Waals surface area contributed by atoms with E-state index in [2.05, 4.69) is 5.32 Å². The molecule has 0 aliphatic carbocycles. The Morgan fingerprint density at radius 1 is 1.37 bits per heavy atom. The number of halogens is 1. The summed E-state index contributed by atoms with van der Waals surface area (Å²) >= 11 is 0. The molecule has 1 aliphatic rings. The van der Waals surface area contributed by atoms with Crippen LogP contribution < -0.4 is 5.32 Å². The first kappa shape index (κ1) is 15.4. The van der Waals surface area contributed by atoms with Gasteiger partial charge in [-0.1, -0.05) is 20.8 Å². The van der Waals surface area contributed by atoms with E-state index in [9.17, 15) is 18.8 Å². The number of amides is 2. The first-order chi connectivity index (χ1) is 8.56. The summed E-state index contributed by atoms with van der Waals surface area (Å²) in [4.78, 5) is 35.1. The Morgan fingerprint density at radius 3 is 2.37 bits per heavy atom. The standard InChI is InChI=1S/C12H19FN2O4/c1-11(2,3)9(17)14-6-8(16)15-5-4-12(13,7-15)10(18)19/h4-7H2,1-3H3,(H,14,17)(H,18,19). The van der Waals surface area contributed by atoms with Crippen molar-refractivity contribution in [1.82, 2.24) is 10.2 Å². The molecule has 2 N–H and O–H groups in total. The number of likely N-dealkylation sites (tertiary alicyclic amines) is 1. The molecular weight excluding hydrogens is 255 g/mol.